The first-order valence-corrected chi connectivity index (χ1v) is 13.8. The second kappa shape index (κ2) is 11.7. The number of hydrogen-bond acceptors (Lipinski definition) is 5. The molecule has 3 N–H and O–H groups in total. The van der Waals surface area contributed by atoms with Crippen molar-refractivity contribution in [2.24, 2.45) is 5.92 Å². The van der Waals surface area contributed by atoms with Gasteiger partial charge in [-0.1, -0.05) is 48.7 Å². The minimum Gasteiger partial charge on any atom is -0.355 e. The smallest absolute Gasteiger partial charge is 0.255 e. The van der Waals surface area contributed by atoms with Gasteiger partial charge in [0, 0.05) is 55.0 Å². The van der Waals surface area contributed by atoms with Gasteiger partial charge in [0.15, 0.2) is 0 Å². The highest BCUT2D eigenvalue weighted by Crippen LogP contribution is 2.29. The Labute approximate surface area is 227 Å². The van der Waals surface area contributed by atoms with Crippen molar-refractivity contribution in [3.8, 4) is 0 Å². The number of nitrogens with zero attached hydrogens (tertiary/aromatic N) is 1. The summed E-state index contributed by atoms with van der Waals surface area (Å²) >= 11 is 6.10. The number of fused-ring (bicyclic) bond motifs is 1. The van der Waals surface area contributed by atoms with Gasteiger partial charge in [0.1, 0.15) is 6.04 Å². The van der Waals surface area contributed by atoms with Gasteiger partial charge in [0.05, 0.1) is 0 Å². The molecule has 1 saturated heterocycles. The zero-order valence-electron chi connectivity index (χ0n) is 21.3. The van der Waals surface area contributed by atoms with Gasteiger partial charge < -0.3 is 15.5 Å². The van der Waals surface area contributed by atoms with E-state index >= 15 is 0 Å². The van der Waals surface area contributed by atoms with Gasteiger partial charge in [0.2, 0.25) is 17.7 Å². The van der Waals surface area contributed by atoms with Gasteiger partial charge in [-0.15, -0.1) is 0 Å². The summed E-state index contributed by atoms with van der Waals surface area (Å²) < 4.78 is 0. The highest BCUT2D eigenvalue weighted by atomic mass is 35.5. The van der Waals surface area contributed by atoms with E-state index in [1.165, 1.54) is 0 Å². The Morgan fingerprint density at radius 1 is 1.03 bits per heavy atom. The van der Waals surface area contributed by atoms with Crippen LogP contribution in [0.15, 0.2) is 42.5 Å². The number of halogens is 1. The van der Waals surface area contributed by atoms with Crippen LogP contribution in [0.25, 0.3) is 0 Å². The minimum absolute atomic E-state index is 0.0802. The summed E-state index contributed by atoms with van der Waals surface area (Å²) in [5, 5.41) is 9.68. The van der Waals surface area contributed by atoms with Crippen LogP contribution >= 0.6 is 11.6 Å². The molecule has 0 spiro atoms. The Morgan fingerprint density at radius 3 is 2.53 bits per heavy atom. The number of nitrogens with one attached hydrogen (secondary N) is 3. The van der Waals surface area contributed by atoms with Crippen LogP contribution in [-0.2, 0) is 27.5 Å². The molecule has 2 aliphatic heterocycles. The third kappa shape index (κ3) is 5.92. The zero-order valence-corrected chi connectivity index (χ0v) is 22.1. The summed E-state index contributed by atoms with van der Waals surface area (Å²) in [4.78, 5) is 50.9. The van der Waals surface area contributed by atoms with E-state index in [0.717, 1.165) is 42.4 Å². The summed E-state index contributed by atoms with van der Waals surface area (Å²) in [5.41, 5.74) is 3.63. The van der Waals surface area contributed by atoms with Gasteiger partial charge in [-0.05, 0) is 54.2 Å². The molecule has 2 fully saturated rings. The molecule has 5 rings (SSSR count). The van der Waals surface area contributed by atoms with Gasteiger partial charge in [-0.2, -0.15) is 0 Å². The molecule has 38 heavy (non-hydrogen) atoms. The highest BCUT2D eigenvalue weighted by molar-refractivity contribution is 6.30. The number of rotatable bonds is 9. The topological polar surface area (TPSA) is 108 Å². The number of benzene rings is 2. The molecule has 2 aromatic carbocycles. The Morgan fingerprint density at radius 2 is 1.79 bits per heavy atom. The summed E-state index contributed by atoms with van der Waals surface area (Å²) in [6.45, 7) is 2.16. The number of imide groups is 1. The lowest BCUT2D eigenvalue weighted by Crippen LogP contribution is -2.52. The molecule has 8 nitrogen and oxygen atoms in total. The van der Waals surface area contributed by atoms with Gasteiger partial charge in [-0.3, -0.25) is 24.5 Å². The summed E-state index contributed by atoms with van der Waals surface area (Å²) in [6, 6.07) is 12.9. The molecule has 9 heteroatoms. The van der Waals surface area contributed by atoms with Crippen LogP contribution in [0.3, 0.4) is 0 Å². The molecule has 2 atom stereocenters. The maximum absolute atomic E-state index is 12.9. The van der Waals surface area contributed by atoms with Crippen molar-refractivity contribution in [1.82, 2.24) is 20.9 Å². The van der Waals surface area contributed by atoms with Crippen molar-refractivity contribution in [1.29, 1.82) is 0 Å². The predicted octanol–water partition coefficient (Wildman–Crippen LogP) is 3.28. The zero-order chi connectivity index (χ0) is 26.6. The van der Waals surface area contributed by atoms with Crippen LogP contribution in [0.2, 0.25) is 5.02 Å². The van der Waals surface area contributed by atoms with E-state index in [-0.39, 0.29) is 36.0 Å². The van der Waals surface area contributed by atoms with Crippen molar-refractivity contribution in [2.45, 2.75) is 63.6 Å². The van der Waals surface area contributed by atoms with Gasteiger partial charge in [-0.25, -0.2) is 0 Å². The average molecular weight is 537 g/mol. The van der Waals surface area contributed by atoms with Crippen molar-refractivity contribution >= 4 is 35.2 Å². The molecule has 2 aromatic rings. The Kier molecular flexibility index (Phi) is 8.09. The lowest BCUT2D eigenvalue weighted by Gasteiger charge is -2.29. The molecule has 200 valence electrons. The van der Waals surface area contributed by atoms with Crippen LogP contribution in [0, 0.1) is 5.92 Å². The molecule has 0 aromatic heterocycles. The minimum atomic E-state index is -0.617. The normalized spacial score (nSPS) is 20.4. The molecular weight excluding hydrogens is 504 g/mol. The van der Waals surface area contributed by atoms with Gasteiger partial charge in [0.25, 0.3) is 5.91 Å². The second-order valence-electron chi connectivity index (χ2n) is 10.5. The largest absolute Gasteiger partial charge is 0.355 e. The van der Waals surface area contributed by atoms with Crippen molar-refractivity contribution in [3.05, 3.63) is 69.7 Å². The van der Waals surface area contributed by atoms with Crippen LogP contribution in [0.4, 0.5) is 0 Å². The Bertz CT molecular complexity index is 1230. The second-order valence-corrected chi connectivity index (χ2v) is 10.9. The Balaban J connectivity index is 1.20. The number of hydrogen-bond donors (Lipinski definition) is 3. The lowest BCUT2D eigenvalue weighted by molar-refractivity contribution is -0.137. The van der Waals surface area contributed by atoms with E-state index in [4.69, 9.17) is 11.6 Å². The van der Waals surface area contributed by atoms with Crippen molar-refractivity contribution in [3.63, 3.8) is 0 Å². The van der Waals surface area contributed by atoms with Crippen LogP contribution in [0.1, 0.15) is 71.5 Å². The quantitative estimate of drug-likeness (QED) is 0.426. The molecule has 3 aliphatic rings. The summed E-state index contributed by atoms with van der Waals surface area (Å²) in [5.74, 6) is -0.518. The lowest BCUT2D eigenvalue weighted by atomic mass is 9.98. The van der Waals surface area contributed by atoms with Crippen LogP contribution in [-0.4, -0.2) is 47.7 Å². The number of amides is 4. The first kappa shape index (κ1) is 26.4. The number of carbonyl (C=O) groups excluding carboxylic acids is 4. The number of carbonyl (C=O) groups is 4. The third-order valence-corrected chi connectivity index (χ3v) is 8.15. The predicted molar refractivity (Wildman–Crippen MR) is 143 cm³/mol. The fourth-order valence-corrected chi connectivity index (χ4v) is 5.85. The van der Waals surface area contributed by atoms with E-state index in [1.54, 1.807) is 4.90 Å². The molecular formula is C29H33ClN4O4. The van der Waals surface area contributed by atoms with Crippen LogP contribution < -0.4 is 16.0 Å². The van der Waals surface area contributed by atoms with E-state index in [9.17, 15) is 19.2 Å². The van der Waals surface area contributed by atoms with Gasteiger partial charge >= 0.3 is 0 Å². The standard InChI is InChI=1S/C29H33ClN4O4/c30-23-8-6-19(7-9-23)22(16-32-27(36)20-3-1-2-4-20)15-31-14-18-5-10-24-21(13-18)17-34(29(24)38)25-11-12-26(35)33-28(25)37/h5-10,13,20,22,25,31H,1-4,11-12,14-17H2,(H,32,36)(H,33,35,37). The third-order valence-electron chi connectivity index (χ3n) is 7.90. The maximum Gasteiger partial charge on any atom is 0.255 e. The SMILES string of the molecule is O=C1CCC(N2Cc3cc(CNCC(CNC(=O)C4CCCC4)c4ccc(Cl)cc4)ccc3C2=O)C(=O)N1. The van der Waals surface area contributed by atoms with Crippen LogP contribution in [0.5, 0.6) is 0 Å². The van der Waals surface area contributed by atoms with Crippen molar-refractivity contribution < 1.29 is 19.2 Å². The first-order valence-electron chi connectivity index (χ1n) is 13.4. The highest BCUT2D eigenvalue weighted by Gasteiger charge is 2.39. The molecule has 2 unspecified atom stereocenters. The average Bonchev–Trinajstić information content (AvgIpc) is 3.55. The maximum atomic E-state index is 12.9. The molecule has 1 aliphatic carbocycles. The van der Waals surface area contributed by atoms with E-state index < -0.39 is 11.9 Å². The summed E-state index contributed by atoms with van der Waals surface area (Å²) in [7, 11) is 0. The molecule has 4 amide bonds. The number of piperidine rings is 1. The fraction of sp³-hybridized carbons (Fsp3) is 0.448. The van der Waals surface area contributed by atoms with E-state index in [2.05, 4.69) is 16.0 Å². The van der Waals surface area contributed by atoms with Crippen molar-refractivity contribution in [2.75, 3.05) is 13.1 Å². The van der Waals surface area contributed by atoms with E-state index in [1.807, 2.05) is 42.5 Å². The Hall–Kier alpha value is -3.23. The monoisotopic (exact) mass is 536 g/mol. The molecule has 0 radical (unpaired) electrons. The summed E-state index contributed by atoms with van der Waals surface area (Å²) in [6.07, 6.45) is 4.77. The fourth-order valence-electron chi connectivity index (χ4n) is 5.73. The molecule has 1 saturated carbocycles. The van der Waals surface area contributed by atoms with E-state index in [0.29, 0.717) is 43.2 Å². The molecule has 0 bridgehead atoms. The first-order chi connectivity index (χ1) is 18.4. The molecule has 2 heterocycles.